The fourth-order valence-corrected chi connectivity index (χ4v) is 7.24. The first-order chi connectivity index (χ1) is 23.4. The predicted molar refractivity (Wildman–Crippen MR) is 191 cm³/mol. The van der Waals surface area contributed by atoms with Crippen molar-refractivity contribution in [2.45, 2.75) is 40.3 Å². The van der Waals surface area contributed by atoms with Gasteiger partial charge < -0.3 is 19.1 Å². The van der Waals surface area contributed by atoms with Gasteiger partial charge in [-0.3, -0.25) is 14.2 Å². The normalized spacial score (nSPS) is 14.4. The molecule has 8 nitrogen and oxygen atoms in total. The monoisotopic (exact) mass is 661 g/mol. The van der Waals surface area contributed by atoms with Crippen molar-refractivity contribution in [2.24, 2.45) is 4.99 Å². The van der Waals surface area contributed by atoms with Crippen LogP contribution in [0.4, 0.5) is 0 Å². The second-order valence-electron chi connectivity index (χ2n) is 11.4. The lowest BCUT2D eigenvalue weighted by atomic mass is 9.94. The molecule has 0 bridgehead atoms. The van der Waals surface area contributed by atoms with Gasteiger partial charge in [-0.2, -0.15) is 0 Å². The molecule has 48 heavy (non-hydrogen) atoms. The Morgan fingerprint density at radius 2 is 1.67 bits per heavy atom. The average molecular weight is 662 g/mol. The average Bonchev–Trinajstić information content (AvgIpc) is 3.41. The largest absolute Gasteiger partial charge is 0.496 e. The molecular formula is C39H39N3O5S. The maximum absolute atomic E-state index is 14.3. The highest BCUT2D eigenvalue weighted by atomic mass is 32.1. The Bertz CT molecular complexity index is 2190. The molecule has 0 unspecified atom stereocenters. The number of fused-ring (bicyclic) bond motifs is 2. The lowest BCUT2D eigenvalue weighted by Crippen LogP contribution is -2.43. The molecule has 0 N–H and O–H groups in total. The van der Waals surface area contributed by atoms with E-state index in [1.54, 1.807) is 16.6 Å². The summed E-state index contributed by atoms with van der Waals surface area (Å²) in [5, 5.41) is 2.31. The number of methoxy groups -OCH3 is 1. The van der Waals surface area contributed by atoms with E-state index in [9.17, 15) is 9.59 Å². The van der Waals surface area contributed by atoms with Gasteiger partial charge in [-0.05, 0) is 73.9 Å². The number of hydrogen-bond acceptors (Lipinski definition) is 7. The summed E-state index contributed by atoms with van der Waals surface area (Å²) in [4.78, 5) is 35.3. The molecular weight excluding hydrogens is 623 g/mol. The van der Waals surface area contributed by atoms with Crippen molar-refractivity contribution in [2.75, 3.05) is 26.8 Å². The van der Waals surface area contributed by atoms with Gasteiger partial charge in [0.2, 0.25) is 0 Å². The van der Waals surface area contributed by atoms with E-state index in [4.69, 9.17) is 19.2 Å². The van der Waals surface area contributed by atoms with Crippen LogP contribution in [0.1, 0.15) is 50.4 Å². The fourth-order valence-electron chi connectivity index (χ4n) is 6.19. The first-order valence-corrected chi connectivity index (χ1v) is 17.0. The third-order valence-electron chi connectivity index (χ3n) is 8.56. The molecule has 1 aromatic heterocycles. The number of benzene rings is 4. The molecule has 0 fully saturated rings. The zero-order chi connectivity index (χ0) is 33.8. The molecule has 0 radical (unpaired) electrons. The number of rotatable bonds is 11. The van der Waals surface area contributed by atoms with E-state index in [1.165, 1.54) is 11.3 Å². The van der Waals surface area contributed by atoms with E-state index in [0.29, 0.717) is 64.2 Å². The molecule has 0 aliphatic carbocycles. The molecule has 2 heterocycles. The maximum Gasteiger partial charge on any atom is 0.271 e. The van der Waals surface area contributed by atoms with Crippen LogP contribution in [0.3, 0.4) is 0 Å². The van der Waals surface area contributed by atoms with Gasteiger partial charge >= 0.3 is 0 Å². The van der Waals surface area contributed by atoms with Gasteiger partial charge in [0.05, 0.1) is 29.5 Å². The van der Waals surface area contributed by atoms with Crippen LogP contribution in [-0.2, 0) is 11.4 Å². The van der Waals surface area contributed by atoms with E-state index in [1.807, 2.05) is 94.4 Å². The summed E-state index contributed by atoms with van der Waals surface area (Å²) in [5.74, 6) is 1.66. The molecule has 1 aliphatic heterocycles. The Morgan fingerprint density at radius 1 is 0.917 bits per heavy atom. The van der Waals surface area contributed by atoms with Crippen LogP contribution in [0.5, 0.6) is 17.2 Å². The summed E-state index contributed by atoms with van der Waals surface area (Å²) in [6.45, 7) is 9.58. The summed E-state index contributed by atoms with van der Waals surface area (Å²) in [5.41, 5.74) is 3.41. The van der Waals surface area contributed by atoms with Crippen LogP contribution in [0.15, 0.2) is 106 Å². The number of hydrogen-bond donors (Lipinski definition) is 0. The topological polar surface area (TPSA) is 82.4 Å². The quantitative estimate of drug-likeness (QED) is 0.167. The van der Waals surface area contributed by atoms with Crippen molar-refractivity contribution in [3.63, 3.8) is 0 Å². The number of para-hydroxylation sites is 1. The molecule has 1 atom stereocenters. The molecule has 246 valence electrons. The van der Waals surface area contributed by atoms with Gasteiger partial charge in [0.25, 0.3) is 11.5 Å². The lowest BCUT2D eigenvalue weighted by molar-refractivity contribution is -0.127. The van der Waals surface area contributed by atoms with Crippen LogP contribution in [0.25, 0.3) is 16.8 Å². The minimum absolute atomic E-state index is 0.146. The number of thiazole rings is 1. The summed E-state index contributed by atoms with van der Waals surface area (Å²) < 4.78 is 20.1. The Morgan fingerprint density at radius 3 is 2.44 bits per heavy atom. The zero-order valence-corrected chi connectivity index (χ0v) is 28.7. The van der Waals surface area contributed by atoms with Gasteiger partial charge in [0.1, 0.15) is 18.4 Å². The van der Waals surface area contributed by atoms with E-state index in [2.05, 4.69) is 24.3 Å². The van der Waals surface area contributed by atoms with Crippen LogP contribution in [0.2, 0.25) is 0 Å². The Balaban J connectivity index is 1.40. The lowest BCUT2D eigenvalue weighted by Gasteiger charge is -2.29. The maximum atomic E-state index is 14.3. The minimum atomic E-state index is -0.698. The van der Waals surface area contributed by atoms with Crippen LogP contribution >= 0.6 is 11.3 Å². The van der Waals surface area contributed by atoms with Gasteiger partial charge in [-0.1, -0.05) is 78.1 Å². The smallest absolute Gasteiger partial charge is 0.271 e. The molecule has 1 aliphatic rings. The second-order valence-corrected chi connectivity index (χ2v) is 12.4. The highest BCUT2D eigenvalue weighted by molar-refractivity contribution is 7.07. The van der Waals surface area contributed by atoms with E-state index < -0.39 is 6.04 Å². The van der Waals surface area contributed by atoms with Crippen LogP contribution in [0, 0.1) is 0 Å². The number of aromatic nitrogens is 1. The molecule has 6 rings (SSSR count). The standard InChI is InChI=1S/C39H39N3O5S/c1-6-41(7-2)38(44)35-25(4)40-39-42(36(35)30-18-11-12-19-31(30)45-5)37(43)34(48-39)23-26-20-21-32(33(22-26)46-8-3)47-24-28-16-13-15-27-14-9-10-17-29(27)28/h9-23,36H,6-8,24H2,1-5H3/b34-23+/t36-/m0/s1. The molecule has 5 aromatic rings. The number of carbonyl (C=O) groups excluding carboxylic acids is 1. The molecule has 4 aromatic carbocycles. The van der Waals surface area contributed by atoms with Crippen LogP contribution in [-0.4, -0.2) is 42.2 Å². The predicted octanol–water partition coefficient (Wildman–Crippen LogP) is 6.24. The SMILES string of the molecule is CCOc1cc(/C=c2/sc3n(c2=O)[C@@H](c2ccccc2OC)C(C(=O)N(CC)CC)=C(C)N=3)ccc1OCc1cccc2ccccc12. The number of allylic oxidation sites excluding steroid dienone is 1. The molecule has 0 saturated heterocycles. The molecule has 0 spiro atoms. The first-order valence-electron chi connectivity index (χ1n) is 16.2. The molecule has 0 saturated carbocycles. The number of likely N-dealkylation sites (N-methyl/N-ethyl adjacent to an activating group) is 1. The van der Waals surface area contributed by atoms with Gasteiger partial charge in [0, 0.05) is 18.7 Å². The molecule has 9 heteroatoms. The van der Waals surface area contributed by atoms with E-state index in [-0.39, 0.29) is 11.5 Å². The number of carbonyl (C=O) groups is 1. The second kappa shape index (κ2) is 14.3. The van der Waals surface area contributed by atoms with Crippen molar-refractivity contribution in [1.29, 1.82) is 0 Å². The fraction of sp³-hybridized carbons (Fsp3) is 0.256. The van der Waals surface area contributed by atoms with Crippen molar-refractivity contribution >= 4 is 34.1 Å². The third kappa shape index (κ3) is 6.25. The van der Waals surface area contributed by atoms with E-state index >= 15 is 0 Å². The summed E-state index contributed by atoms with van der Waals surface area (Å²) >= 11 is 1.29. The zero-order valence-electron chi connectivity index (χ0n) is 27.9. The number of nitrogens with zero attached hydrogens (tertiary/aromatic N) is 3. The van der Waals surface area contributed by atoms with E-state index in [0.717, 1.165) is 27.5 Å². The van der Waals surface area contributed by atoms with Crippen molar-refractivity contribution in [3.05, 3.63) is 133 Å². The highest BCUT2D eigenvalue weighted by Gasteiger charge is 2.35. The van der Waals surface area contributed by atoms with Crippen molar-refractivity contribution in [1.82, 2.24) is 9.47 Å². The Labute approximate surface area is 283 Å². The van der Waals surface area contributed by atoms with Crippen LogP contribution < -0.4 is 29.1 Å². The van der Waals surface area contributed by atoms with Gasteiger partial charge in [-0.15, -0.1) is 0 Å². The summed E-state index contributed by atoms with van der Waals surface area (Å²) in [6.07, 6.45) is 1.84. The third-order valence-corrected chi connectivity index (χ3v) is 9.55. The number of ether oxygens (including phenoxy) is 3. The first kappa shape index (κ1) is 32.8. The van der Waals surface area contributed by atoms with Crippen molar-refractivity contribution < 1.29 is 19.0 Å². The molecule has 1 amide bonds. The number of amides is 1. The van der Waals surface area contributed by atoms with Crippen molar-refractivity contribution in [3.8, 4) is 17.2 Å². The Hall–Kier alpha value is -5.15. The van der Waals surface area contributed by atoms with Gasteiger partial charge in [-0.25, -0.2) is 4.99 Å². The van der Waals surface area contributed by atoms with Gasteiger partial charge in [0.15, 0.2) is 16.3 Å². The Kier molecular flexibility index (Phi) is 9.77. The highest BCUT2D eigenvalue weighted by Crippen LogP contribution is 2.36. The summed E-state index contributed by atoms with van der Waals surface area (Å²) in [7, 11) is 1.59. The minimum Gasteiger partial charge on any atom is -0.496 e. The summed E-state index contributed by atoms with van der Waals surface area (Å²) in [6, 6.07) is 26.9.